The highest BCUT2D eigenvalue weighted by Gasteiger charge is 2.24. The molecule has 46 heavy (non-hydrogen) atoms. The molecule has 0 aliphatic carbocycles. The molecule has 4 rings (SSSR count). The molecule has 252 valence electrons. The van der Waals surface area contributed by atoms with Gasteiger partial charge < -0.3 is 5.11 Å². The Balaban J connectivity index is 0.00000166. The van der Waals surface area contributed by atoms with Crippen molar-refractivity contribution in [2.75, 3.05) is 35.5 Å². The molecule has 0 heterocycles. The number of rotatable bonds is 9. The van der Waals surface area contributed by atoms with Gasteiger partial charge in [-0.15, -0.1) is 5.11 Å². The molecule has 4 aromatic carbocycles. The molecular weight excluding hydrogens is 661 g/mol. The van der Waals surface area contributed by atoms with E-state index in [-0.39, 0.29) is 31.9 Å². The number of hydrogen-bond acceptors (Lipinski definition) is 14. The average Bonchev–Trinajstić information content (AvgIpc) is 3.09. The molecule has 0 aliphatic rings. The summed E-state index contributed by atoms with van der Waals surface area (Å²) in [5.74, 6) is 0. The Labute approximate surface area is 270 Å². The minimum Gasteiger partial charge on any atom is -0.400 e. The Bertz CT molecular complexity index is 2030. The summed E-state index contributed by atoms with van der Waals surface area (Å²) in [5.41, 5.74) is 0.644. The molecule has 0 spiro atoms. The van der Waals surface area contributed by atoms with Gasteiger partial charge in [0.1, 0.15) is 15.5 Å². The third-order valence-electron chi connectivity index (χ3n) is 5.78. The first-order valence-electron chi connectivity index (χ1n) is 13.6. The van der Waals surface area contributed by atoms with Gasteiger partial charge in [0.05, 0.1) is 37.6 Å². The summed E-state index contributed by atoms with van der Waals surface area (Å²) in [5, 5.41) is 24.5. The molecular formula is C29H38N4O10S3. The van der Waals surface area contributed by atoms with E-state index < -0.39 is 35.2 Å². The zero-order valence-electron chi connectivity index (χ0n) is 26.9. The maximum atomic E-state index is 12.5. The van der Waals surface area contributed by atoms with Crippen LogP contribution in [-0.2, 0) is 42.9 Å². The predicted molar refractivity (Wildman–Crippen MR) is 176 cm³/mol. The molecule has 0 fully saturated rings. The van der Waals surface area contributed by atoms with Gasteiger partial charge in [0.2, 0.25) is 0 Å². The first-order chi connectivity index (χ1) is 21.9. The summed E-state index contributed by atoms with van der Waals surface area (Å²) in [7, 11) is -7.31. The van der Waals surface area contributed by atoms with Gasteiger partial charge in [-0.2, -0.15) is 40.6 Å². The average molecular weight is 699 g/mol. The Morgan fingerprint density at radius 3 is 1.72 bits per heavy atom. The highest BCUT2D eigenvalue weighted by atomic mass is 32.2. The van der Waals surface area contributed by atoms with Gasteiger partial charge in [0, 0.05) is 24.9 Å². The molecule has 0 atom stereocenters. The minimum absolute atomic E-state index is 0.0871. The van der Waals surface area contributed by atoms with Crippen LogP contribution in [0.15, 0.2) is 95.8 Å². The number of fused-ring (bicyclic) bond motifs is 2. The van der Waals surface area contributed by atoms with Gasteiger partial charge in [0.15, 0.2) is 0 Å². The van der Waals surface area contributed by atoms with Crippen molar-refractivity contribution in [1.29, 1.82) is 0 Å². The Hall–Kier alpha value is -3.71. The summed E-state index contributed by atoms with van der Waals surface area (Å²) < 4.78 is 88.6. The van der Waals surface area contributed by atoms with Crippen molar-refractivity contribution >= 4 is 69.0 Å². The summed E-state index contributed by atoms with van der Waals surface area (Å²) in [6.45, 7) is 8.00. The Morgan fingerprint density at radius 2 is 1.15 bits per heavy atom. The Kier molecular flexibility index (Phi) is 15.6. The van der Waals surface area contributed by atoms with Crippen LogP contribution in [-0.4, -0.2) is 65.8 Å². The maximum Gasteiger partial charge on any atom is 0.298 e. The summed E-state index contributed by atoms with van der Waals surface area (Å²) in [6, 6.07) is 14.5. The molecule has 17 heteroatoms. The summed E-state index contributed by atoms with van der Waals surface area (Å²) in [4.78, 5) is -0.971. The summed E-state index contributed by atoms with van der Waals surface area (Å²) in [6.07, 6.45) is 0. The molecule has 0 aromatic heterocycles. The third kappa shape index (κ3) is 9.18. The lowest BCUT2D eigenvalue weighted by atomic mass is 10.1. The van der Waals surface area contributed by atoms with Crippen molar-refractivity contribution in [3.8, 4) is 0 Å². The molecule has 14 nitrogen and oxygen atoms in total. The van der Waals surface area contributed by atoms with E-state index in [9.17, 15) is 25.3 Å². The molecule has 1 N–H and O–H groups in total. The van der Waals surface area contributed by atoms with Gasteiger partial charge in [0.25, 0.3) is 30.4 Å². The maximum absolute atomic E-state index is 12.5. The second-order valence-corrected chi connectivity index (χ2v) is 13.1. The third-order valence-corrected chi connectivity index (χ3v) is 9.65. The van der Waals surface area contributed by atoms with E-state index in [1.54, 1.807) is 18.2 Å². The minimum atomic E-state index is -4.28. The fraction of sp³-hybridized carbons (Fsp3) is 0.310. The monoisotopic (exact) mass is 698 g/mol. The van der Waals surface area contributed by atoms with Crippen LogP contribution in [0.25, 0.3) is 21.5 Å². The van der Waals surface area contributed by atoms with Gasteiger partial charge in [-0.1, -0.05) is 45.9 Å². The first-order valence-corrected chi connectivity index (χ1v) is 17.8. The Morgan fingerprint density at radius 1 is 0.565 bits per heavy atom. The van der Waals surface area contributed by atoms with Crippen LogP contribution in [0, 0.1) is 0 Å². The van der Waals surface area contributed by atoms with Crippen molar-refractivity contribution in [3.05, 3.63) is 60.7 Å². The van der Waals surface area contributed by atoms with Crippen molar-refractivity contribution in [3.63, 3.8) is 0 Å². The van der Waals surface area contributed by atoms with Crippen LogP contribution in [0.3, 0.4) is 0 Å². The lowest BCUT2D eigenvalue weighted by Gasteiger charge is -2.10. The molecule has 0 bridgehead atoms. The van der Waals surface area contributed by atoms with Crippen LogP contribution >= 0.6 is 0 Å². The van der Waals surface area contributed by atoms with Gasteiger partial charge in [-0.3, -0.25) is 12.5 Å². The van der Waals surface area contributed by atoms with Crippen LogP contribution < -0.4 is 0 Å². The van der Waals surface area contributed by atoms with Crippen LogP contribution in [0.2, 0.25) is 0 Å². The van der Waals surface area contributed by atoms with E-state index in [0.717, 1.165) is 34.5 Å². The predicted octanol–water partition coefficient (Wildman–Crippen LogP) is 6.79. The van der Waals surface area contributed by atoms with Crippen molar-refractivity contribution < 1.29 is 42.9 Å². The molecule has 0 saturated carbocycles. The topological polar surface area (TPSA) is 200 Å². The number of azo groups is 2. The number of hydrogen-bond donors (Lipinski definition) is 1. The van der Waals surface area contributed by atoms with Crippen molar-refractivity contribution in [2.24, 2.45) is 20.5 Å². The summed E-state index contributed by atoms with van der Waals surface area (Å²) >= 11 is 0. The molecule has 4 aromatic rings. The highest BCUT2D eigenvalue weighted by Crippen LogP contribution is 2.37. The quantitative estimate of drug-likeness (QED) is 0.143. The van der Waals surface area contributed by atoms with Crippen LogP contribution in [0.1, 0.15) is 27.7 Å². The fourth-order valence-corrected chi connectivity index (χ4v) is 6.35. The van der Waals surface area contributed by atoms with E-state index >= 15 is 0 Å². The molecule has 0 saturated heterocycles. The van der Waals surface area contributed by atoms with Gasteiger partial charge in [-0.25, -0.2) is 0 Å². The zero-order valence-corrected chi connectivity index (χ0v) is 29.4. The first kappa shape index (κ1) is 40.3. The lowest BCUT2D eigenvalue weighted by molar-refractivity contribution is 0.395. The highest BCUT2D eigenvalue weighted by molar-refractivity contribution is 7.87. The number of benzene rings is 4. The second-order valence-electron chi connectivity index (χ2n) is 8.01. The SMILES string of the molecule is CC.CC.CN=Nc1cc2cccc(N=Nc3ccc4c(S(=O)(=O)OC)cc(S(=O)(=O)OC)cc4c3)c2cc1S(=O)(=O)OC.CO. The number of nitrogens with zero attached hydrogens (tertiary/aromatic N) is 4. The smallest absolute Gasteiger partial charge is 0.298 e. The molecule has 0 radical (unpaired) electrons. The van der Waals surface area contributed by atoms with E-state index in [4.69, 9.17) is 5.11 Å². The van der Waals surface area contributed by atoms with Gasteiger partial charge in [-0.05, 0) is 53.2 Å². The van der Waals surface area contributed by atoms with Crippen LogP contribution in [0.4, 0.5) is 17.1 Å². The number of aliphatic hydroxyl groups excluding tert-OH is 1. The van der Waals surface area contributed by atoms with E-state index in [1.807, 2.05) is 27.7 Å². The normalized spacial score (nSPS) is 11.9. The van der Waals surface area contributed by atoms with Crippen LogP contribution in [0.5, 0.6) is 0 Å². The van der Waals surface area contributed by atoms with E-state index in [0.29, 0.717) is 16.5 Å². The van der Waals surface area contributed by atoms with E-state index in [2.05, 4.69) is 33.0 Å². The van der Waals surface area contributed by atoms with Gasteiger partial charge >= 0.3 is 0 Å². The fourth-order valence-electron chi connectivity index (χ4n) is 3.85. The molecule has 0 aliphatic heterocycles. The second kappa shape index (κ2) is 17.8. The van der Waals surface area contributed by atoms with Crippen molar-refractivity contribution in [1.82, 2.24) is 0 Å². The molecule has 0 amide bonds. The standard InChI is InChI=1S/C24H22N4O9S3.2C2H6.CH4O/c1-25-27-22-12-15-6-5-7-21(20(15)14-24(22)40(33,34)37-4)28-26-17-8-9-19-16(10-17)11-18(38(29,30)35-2)13-23(19)39(31,32)36-3;3*1-2/h5-14H,1-4H3;2*1-2H3;2H,1H3. The lowest BCUT2D eigenvalue weighted by Crippen LogP contribution is -2.08. The largest absolute Gasteiger partial charge is 0.400 e. The van der Waals surface area contributed by atoms with E-state index in [1.165, 1.54) is 43.4 Å². The number of aliphatic hydroxyl groups is 1. The molecule has 0 unspecified atom stereocenters. The van der Waals surface area contributed by atoms with Crippen molar-refractivity contribution in [2.45, 2.75) is 42.4 Å². The zero-order chi connectivity index (χ0) is 35.3.